The number of amides is 1. The molecule has 3 N–H and O–H groups in total. The number of nitrogens with zero attached hydrogens (tertiary/aromatic N) is 4. The number of carbonyl (C=O) groups excluding carboxylic acids is 1. The second-order valence-electron chi connectivity index (χ2n) is 3.31. The summed E-state index contributed by atoms with van der Waals surface area (Å²) in [6.07, 6.45) is 0. The van der Waals surface area contributed by atoms with E-state index in [9.17, 15) is 4.79 Å². The average Bonchev–Trinajstić information content (AvgIpc) is 2.52. The van der Waals surface area contributed by atoms with Crippen molar-refractivity contribution < 1.29 is 4.79 Å². The number of carbonyl (C=O) groups is 1. The molecular formula is C9H11N6O. The van der Waals surface area contributed by atoms with Crippen molar-refractivity contribution >= 4 is 28.8 Å². The van der Waals surface area contributed by atoms with Crippen LogP contribution >= 0.6 is 0 Å². The molecule has 0 aliphatic heterocycles. The molecule has 2 aromatic rings. The molecule has 0 saturated carbocycles. The van der Waals surface area contributed by atoms with Crippen molar-refractivity contribution in [2.24, 2.45) is 7.05 Å². The second-order valence-corrected chi connectivity index (χ2v) is 3.31. The summed E-state index contributed by atoms with van der Waals surface area (Å²) < 4.78 is 1.73. The maximum atomic E-state index is 10.6. The number of aromatic nitrogens is 3. The van der Waals surface area contributed by atoms with Crippen molar-refractivity contribution in [1.82, 2.24) is 20.0 Å². The smallest absolute Gasteiger partial charge is 0.259 e. The van der Waals surface area contributed by atoms with Crippen LogP contribution in [0.15, 0.2) is 12.1 Å². The molecule has 0 atom stereocenters. The zero-order valence-corrected chi connectivity index (χ0v) is 8.93. The van der Waals surface area contributed by atoms with Crippen molar-refractivity contribution in [2.45, 2.75) is 6.92 Å². The van der Waals surface area contributed by atoms with Crippen molar-refractivity contribution in [2.75, 3.05) is 11.2 Å². The summed E-state index contributed by atoms with van der Waals surface area (Å²) in [5.41, 5.74) is 13.0. The maximum Gasteiger partial charge on any atom is 0.259 e. The fourth-order valence-electron chi connectivity index (χ4n) is 1.29. The first kappa shape index (κ1) is 10.2. The quantitative estimate of drug-likeness (QED) is 0.694. The summed E-state index contributed by atoms with van der Waals surface area (Å²) in [5, 5.41) is 0. The van der Waals surface area contributed by atoms with Gasteiger partial charge in [0.25, 0.3) is 5.91 Å². The fraction of sp³-hybridized carbons (Fsp3) is 0.222. The van der Waals surface area contributed by atoms with E-state index in [1.165, 1.54) is 6.92 Å². The molecule has 7 heteroatoms. The molecule has 0 bridgehead atoms. The minimum Gasteiger partial charge on any atom is -0.369 e. The van der Waals surface area contributed by atoms with Gasteiger partial charge in [0.1, 0.15) is 5.82 Å². The molecule has 0 aliphatic rings. The summed E-state index contributed by atoms with van der Waals surface area (Å²) in [6.45, 7) is 1.35. The van der Waals surface area contributed by atoms with Crippen LogP contribution in [0.25, 0.3) is 11.2 Å². The fourth-order valence-corrected chi connectivity index (χ4v) is 1.29. The van der Waals surface area contributed by atoms with Crippen molar-refractivity contribution in [3.63, 3.8) is 0 Å². The van der Waals surface area contributed by atoms with E-state index in [0.717, 1.165) is 5.52 Å². The van der Waals surface area contributed by atoms with Crippen molar-refractivity contribution in [1.29, 1.82) is 0 Å². The number of nitrogens with one attached hydrogen (secondary N) is 1. The zero-order chi connectivity index (χ0) is 11.7. The molecular weight excluding hydrogens is 208 g/mol. The van der Waals surface area contributed by atoms with Gasteiger partial charge in [-0.05, 0) is 12.1 Å². The number of nitrogen functional groups attached to an aromatic ring is 1. The third kappa shape index (κ3) is 1.74. The minimum atomic E-state index is -0.317. The summed E-state index contributed by atoms with van der Waals surface area (Å²) in [6, 6.07) is 3.51. The summed E-state index contributed by atoms with van der Waals surface area (Å²) in [4.78, 5) is 18.9. The Kier molecular flexibility index (Phi) is 2.35. The van der Waals surface area contributed by atoms with Gasteiger partial charge >= 0.3 is 0 Å². The van der Waals surface area contributed by atoms with Crippen LogP contribution in [0.5, 0.6) is 0 Å². The first-order chi connectivity index (χ1) is 7.58. The Balaban J connectivity index is 2.33. The predicted molar refractivity (Wildman–Crippen MR) is 59.4 cm³/mol. The van der Waals surface area contributed by atoms with E-state index in [0.29, 0.717) is 17.4 Å². The average molecular weight is 219 g/mol. The summed E-state index contributed by atoms with van der Waals surface area (Å²) in [5.74, 6) is 0.534. The highest BCUT2D eigenvalue weighted by Crippen LogP contribution is 2.16. The number of pyridine rings is 1. The van der Waals surface area contributed by atoms with E-state index in [4.69, 9.17) is 5.73 Å². The van der Waals surface area contributed by atoms with Gasteiger partial charge in [-0.25, -0.2) is 4.98 Å². The lowest BCUT2D eigenvalue weighted by Crippen LogP contribution is -2.18. The highest BCUT2D eigenvalue weighted by Gasteiger charge is 2.06. The van der Waals surface area contributed by atoms with Gasteiger partial charge in [0.05, 0.1) is 5.52 Å². The number of aryl methyl sites for hydroxylation is 1. The van der Waals surface area contributed by atoms with E-state index in [1.807, 2.05) is 6.07 Å². The largest absolute Gasteiger partial charge is 0.369 e. The van der Waals surface area contributed by atoms with Crippen LogP contribution in [0.3, 0.4) is 0 Å². The van der Waals surface area contributed by atoms with Crippen LogP contribution in [0.1, 0.15) is 6.92 Å². The number of nitrogens with two attached hydrogens (primary N) is 1. The van der Waals surface area contributed by atoms with Crippen LogP contribution in [0, 0.1) is 0 Å². The Hall–Kier alpha value is -2.31. The van der Waals surface area contributed by atoms with Gasteiger partial charge in [-0.3, -0.25) is 10.2 Å². The first-order valence-electron chi connectivity index (χ1n) is 4.64. The topological polar surface area (TPSA) is 99.9 Å². The summed E-state index contributed by atoms with van der Waals surface area (Å²) in [7, 11) is 1.80. The number of anilines is 2. The second kappa shape index (κ2) is 3.69. The van der Waals surface area contributed by atoms with Gasteiger partial charge in [0.15, 0.2) is 5.65 Å². The molecule has 2 aromatic heterocycles. The molecule has 7 nitrogen and oxygen atoms in total. The Labute approximate surface area is 91.6 Å². The molecule has 0 unspecified atom stereocenters. The SMILES string of the molecule is CC(=O)[N]Nc1ccc2c(n1)nc(N)n2C. The van der Waals surface area contributed by atoms with E-state index < -0.39 is 0 Å². The van der Waals surface area contributed by atoms with Crippen LogP contribution in [0.2, 0.25) is 0 Å². The molecule has 2 heterocycles. The highest BCUT2D eigenvalue weighted by molar-refractivity contribution is 5.77. The number of rotatable bonds is 2. The van der Waals surface area contributed by atoms with Crippen molar-refractivity contribution in [3.8, 4) is 0 Å². The maximum absolute atomic E-state index is 10.6. The van der Waals surface area contributed by atoms with Gasteiger partial charge in [0, 0.05) is 14.0 Å². The lowest BCUT2D eigenvalue weighted by atomic mass is 10.4. The van der Waals surface area contributed by atoms with E-state index >= 15 is 0 Å². The molecule has 0 aliphatic carbocycles. The Morgan fingerprint density at radius 3 is 2.94 bits per heavy atom. The predicted octanol–water partition coefficient (Wildman–Crippen LogP) is 0.0283. The highest BCUT2D eigenvalue weighted by atomic mass is 16.2. The van der Waals surface area contributed by atoms with Crippen LogP contribution < -0.4 is 16.6 Å². The molecule has 16 heavy (non-hydrogen) atoms. The van der Waals surface area contributed by atoms with Crippen LogP contribution in [-0.2, 0) is 11.8 Å². The molecule has 2 rings (SSSR count). The first-order valence-corrected chi connectivity index (χ1v) is 4.64. The van der Waals surface area contributed by atoms with Gasteiger partial charge in [-0.1, -0.05) is 0 Å². The molecule has 83 valence electrons. The third-order valence-corrected chi connectivity index (χ3v) is 2.11. The van der Waals surface area contributed by atoms with Gasteiger partial charge in [0.2, 0.25) is 5.95 Å². The van der Waals surface area contributed by atoms with E-state index in [2.05, 4.69) is 20.8 Å². The molecule has 1 radical (unpaired) electrons. The van der Waals surface area contributed by atoms with Gasteiger partial charge in [-0.15, -0.1) is 5.43 Å². The lowest BCUT2D eigenvalue weighted by molar-refractivity contribution is -0.118. The number of imidazole rings is 1. The van der Waals surface area contributed by atoms with E-state index in [-0.39, 0.29) is 5.91 Å². The van der Waals surface area contributed by atoms with Crippen molar-refractivity contribution in [3.05, 3.63) is 12.1 Å². The number of fused-ring (bicyclic) bond motifs is 1. The number of hydrogen-bond acceptors (Lipinski definition) is 5. The Morgan fingerprint density at radius 1 is 1.50 bits per heavy atom. The van der Waals surface area contributed by atoms with Gasteiger partial charge < -0.3 is 10.3 Å². The summed E-state index contributed by atoms with van der Waals surface area (Å²) >= 11 is 0. The van der Waals surface area contributed by atoms with Crippen LogP contribution in [-0.4, -0.2) is 20.4 Å². The Morgan fingerprint density at radius 2 is 2.25 bits per heavy atom. The van der Waals surface area contributed by atoms with Gasteiger partial charge in [-0.2, -0.15) is 4.98 Å². The third-order valence-electron chi connectivity index (χ3n) is 2.11. The van der Waals surface area contributed by atoms with E-state index in [1.54, 1.807) is 17.7 Å². The molecule has 0 aromatic carbocycles. The van der Waals surface area contributed by atoms with Crippen LogP contribution in [0.4, 0.5) is 11.8 Å². The monoisotopic (exact) mass is 219 g/mol. The lowest BCUT2D eigenvalue weighted by Gasteiger charge is -2.01. The molecule has 0 saturated heterocycles. The molecule has 0 fully saturated rings. The standard InChI is InChI=1S/C9H11N6O/c1-5(16)13-14-7-4-3-6-8(11-7)12-9(10)15(6)2/h3-4H,1-2H3,(H3,10,11,12,14). The minimum absolute atomic E-state index is 0.317. The molecule has 1 amide bonds. The zero-order valence-electron chi connectivity index (χ0n) is 8.93. The normalized spacial score (nSPS) is 10.4. The Bertz CT molecular complexity index is 546. The molecule has 0 spiro atoms. The number of hydrogen-bond donors (Lipinski definition) is 2.